The molecule has 2 nitrogen and oxygen atoms in total. The summed E-state index contributed by atoms with van der Waals surface area (Å²) in [5.74, 6) is 0.103. The van der Waals surface area contributed by atoms with Gasteiger partial charge in [-0.05, 0) is 44.0 Å². The first-order valence-electron chi connectivity index (χ1n) is 4.66. The molecule has 1 aliphatic rings. The second-order valence-corrected chi connectivity index (χ2v) is 5.06. The van der Waals surface area contributed by atoms with Gasteiger partial charge in [-0.15, -0.1) is 11.8 Å². The van der Waals surface area contributed by atoms with E-state index in [1.165, 1.54) is 16.0 Å². The molecule has 1 unspecified atom stereocenters. The van der Waals surface area contributed by atoms with E-state index in [4.69, 9.17) is 0 Å². The monoisotopic (exact) mass is 207 g/mol. The smallest absolute Gasteiger partial charge is 0.237 e. The van der Waals surface area contributed by atoms with E-state index < -0.39 is 0 Å². The van der Waals surface area contributed by atoms with Crippen molar-refractivity contribution in [3.05, 3.63) is 23.3 Å². The van der Waals surface area contributed by atoms with Gasteiger partial charge < -0.3 is 5.32 Å². The zero-order valence-corrected chi connectivity index (χ0v) is 9.37. The first-order chi connectivity index (χ1) is 6.58. The van der Waals surface area contributed by atoms with Crippen LogP contribution in [0.2, 0.25) is 0 Å². The molecule has 1 atom stereocenters. The van der Waals surface area contributed by atoms with Gasteiger partial charge in [-0.2, -0.15) is 0 Å². The molecule has 14 heavy (non-hydrogen) atoms. The van der Waals surface area contributed by atoms with Crippen LogP contribution in [0.3, 0.4) is 0 Å². The van der Waals surface area contributed by atoms with Crippen molar-refractivity contribution in [2.45, 2.75) is 30.9 Å². The van der Waals surface area contributed by atoms with Crippen LogP contribution >= 0.6 is 11.8 Å². The molecule has 0 fully saturated rings. The number of carbonyl (C=O) groups excluding carboxylic acids is 1. The fraction of sp³-hybridized carbons (Fsp3) is 0.364. The van der Waals surface area contributed by atoms with E-state index in [0.29, 0.717) is 0 Å². The molecule has 0 saturated carbocycles. The number of amides is 1. The van der Waals surface area contributed by atoms with Gasteiger partial charge in [0.05, 0.1) is 10.9 Å². The zero-order chi connectivity index (χ0) is 10.3. The highest BCUT2D eigenvalue weighted by molar-refractivity contribution is 8.00. The molecule has 0 aliphatic carbocycles. The lowest BCUT2D eigenvalue weighted by atomic mass is 10.1. The van der Waals surface area contributed by atoms with E-state index >= 15 is 0 Å². The Morgan fingerprint density at radius 3 is 2.64 bits per heavy atom. The fourth-order valence-corrected chi connectivity index (χ4v) is 2.49. The van der Waals surface area contributed by atoms with Crippen LogP contribution in [0.5, 0.6) is 0 Å². The van der Waals surface area contributed by atoms with Gasteiger partial charge in [0, 0.05) is 4.90 Å². The number of anilines is 1. The molecule has 1 aliphatic heterocycles. The van der Waals surface area contributed by atoms with Crippen molar-refractivity contribution < 1.29 is 4.79 Å². The minimum atomic E-state index is 0.0182. The van der Waals surface area contributed by atoms with Gasteiger partial charge in [0.15, 0.2) is 0 Å². The van der Waals surface area contributed by atoms with Crippen molar-refractivity contribution in [1.82, 2.24) is 0 Å². The van der Waals surface area contributed by atoms with Crippen LogP contribution in [0.15, 0.2) is 17.0 Å². The largest absolute Gasteiger partial charge is 0.324 e. The minimum absolute atomic E-state index is 0.0182. The van der Waals surface area contributed by atoms with Crippen molar-refractivity contribution in [1.29, 1.82) is 0 Å². The summed E-state index contributed by atoms with van der Waals surface area (Å²) in [5.41, 5.74) is 3.46. The summed E-state index contributed by atoms with van der Waals surface area (Å²) in [7, 11) is 0. The lowest BCUT2D eigenvalue weighted by Crippen LogP contribution is -2.26. The lowest BCUT2D eigenvalue weighted by molar-refractivity contribution is -0.115. The summed E-state index contributed by atoms with van der Waals surface area (Å²) in [6.07, 6.45) is 0. The molecule has 1 N–H and O–H groups in total. The first-order valence-corrected chi connectivity index (χ1v) is 5.54. The van der Waals surface area contributed by atoms with Gasteiger partial charge in [0.2, 0.25) is 5.91 Å². The Morgan fingerprint density at radius 2 is 1.93 bits per heavy atom. The van der Waals surface area contributed by atoms with Crippen molar-refractivity contribution in [3.63, 3.8) is 0 Å². The van der Waals surface area contributed by atoms with E-state index in [0.717, 1.165) is 5.69 Å². The van der Waals surface area contributed by atoms with Crippen LogP contribution in [0.25, 0.3) is 0 Å². The molecule has 0 spiro atoms. The van der Waals surface area contributed by atoms with Crippen LogP contribution in [-0.2, 0) is 4.79 Å². The van der Waals surface area contributed by atoms with Gasteiger partial charge in [0.1, 0.15) is 0 Å². The summed E-state index contributed by atoms with van der Waals surface area (Å²) in [5, 5.41) is 2.94. The highest BCUT2D eigenvalue weighted by atomic mass is 32.2. The molecule has 0 saturated heterocycles. The molecule has 1 heterocycles. The molecule has 0 aromatic heterocycles. The Hall–Kier alpha value is -0.960. The third-order valence-electron chi connectivity index (χ3n) is 2.53. The Morgan fingerprint density at radius 1 is 1.29 bits per heavy atom. The maximum absolute atomic E-state index is 11.4. The Kier molecular flexibility index (Phi) is 2.27. The van der Waals surface area contributed by atoms with Crippen LogP contribution in [-0.4, -0.2) is 11.2 Å². The van der Waals surface area contributed by atoms with Gasteiger partial charge in [-0.25, -0.2) is 0 Å². The van der Waals surface area contributed by atoms with Gasteiger partial charge in [0.25, 0.3) is 0 Å². The number of aryl methyl sites for hydroxylation is 2. The predicted octanol–water partition coefficient (Wildman–Crippen LogP) is 2.74. The van der Waals surface area contributed by atoms with E-state index in [9.17, 15) is 4.79 Å². The molecule has 1 aromatic carbocycles. The summed E-state index contributed by atoms with van der Waals surface area (Å²) in [6, 6.07) is 4.19. The molecule has 3 heteroatoms. The van der Waals surface area contributed by atoms with Gasteiger partial charge >= 0.3 is 0 Å². The number of hydrogen-bond acceptors (Lipinski definition) is 2. The topological polar surface area (TPSA) is 29.1 Å². The zero-order valence-electron chi connectivity index (χ0n) is 8.55. The number of rotatable bonds is 0. The maximum Gasteiger partial charge on any atom is 0.237 e. The Balaban J connectivity index is 2.47. The van der Waals surface area contributed by atoms with Gasteiger partial charge in [-0.3, -0.25) is 4.79 Å². The van der Waals surface area contributed by atoms with Crippen molar-refractivity contribution >= 4 is 23.4 Å². The molecule has 1 amide bonds. The second kappa shape index (κ2) is 3.31. The summed E-state index contributed by atoms with van der Waals surface area (Å²) < 4.78 is 0. The number of hydrogen-bond donors (Lipinski definition) is 1. The number of nitrogens with one attached hydrogen (secondary N) is 1. The highest BCUT2D eigenvalue weighted by Crippen LogP contribution is 2.36. The quantitative estimate of drug-likeness (QED) is 0.708. The van der Waals surface area contributed by atoms with E-state index in [-0.39, 0.29) is 11.2 Å². The fourth-order valence-electron chi connectivity index (χ4n) is 1.46. The lowest BCUT2D eigenvalue weighted by Gasteiger charge is -2.22. The molecular formula is C11H13NOS. The van der Waals surface area contributed by atoms with Crippen LogP contribution in [0, 0.1) is 13.8 Å². The Bertz CT molecular complexity index is 401. The number of fused-ring (bicyclic) bond motifs is 1. The number of carbonyl (C=O) groups is 1. The normalized spacial score (nSPS) is 20.2. The minimum Gasteiger partial charge on any atom is -0.324 e. The maximum atomic E-state index is 11.4. The van der Waals surface area contributed by atoms with Gasteiger partial charge in [-0.1, -0.05) is 0 Å². The van der Waals surface area contributed by atoms with Crippen molar-refractivity contribution in [3.8, 4) is 0 Å². The standard InChI is InChI=1S/C11H13NOS/c1-6-4-9-10(5-7(6)2)14-8(3)11(13)12-9/h4-5,8H,1-3H3,(H,12,13). The molecular weight excluding hydrogens is 194 g/mol. The average molecular weight is 207 g/mol. The summed E-state index contributed by atoms with van der Waals surface area (Å²) in [6.45, 7) is 6.08. The third kappa shape index (κ3) is 1.52. The molecule has 1 aromatic rings. The van der Waals surface area contributed by atoms with Crippen molar-refractivity contribution in [2.24, 2.45) is 0 Å². The SMILES string of the molecule is Cc1cc2c(cc1C)SC(C)C(=O)N2. The molecule has 0 radical (unpaired) electrons. The Labute approximate surface area is 88.1 Å². The van der Waals surface area contributed by atoms with Crippen LogP contribution in [0.4, 0.5) is 5.69 Å². The number of benzene rings is 1. The third-order valence-corrected chi connectivity index (χ3v) is 3.69. The van der Waals surface area contributed by atoms with E-state index in [1.807, 2.05) is 13.0 Å². The summed E-state index contributed by atoms with van der Waals surface area (Å²) in [4.78, 5) is 12.6. The van der Waals surface area contributed by atoms with Crippen molar-refractivity contribution in [2.75, 3.05) is 5.32 Å². The summed E-state index contributed by atoms with van der Waals surface area (Å²) >= 11 is 1.63. The molecule has 0 bridgehead atoms. The van der Waals surface area contributed by atoms with E-state index in [1.54, 1.807) is 11.8 Å². The predicted molar refractivity (Wildman–Crippen MR) is 59.9 cm³/mol. The highest BCUT2D eigenvalue weighted by Gasteiger charge is 2.23. The van der Waals surface area contributed by atoms with Crippen LogP contribution < -0.4 is 5.32 Å². The average Bonchev–Trinajstić information content (AvgIpc) is 2.11. The number of thioether (sulfide) groups is 1. The second-order valence-electron chi connectivity index (χ2n) is 3.68. The first kappa shape index (κ1) is 9.59. The molecule has 74 valence electrons. The van der Waals surface area contributed by atoms with Crippen LogP contribution in [0.1, 0.15) is 18.1 Å². The molecule has 2 rings (SSSR count). The van der Waals surface area contributed by atoms with E-state index in [2.05, 4.69) is 25.2 Å².